The number of allylic oxidation sites excluding steroid dienone is 9. The van der Waals surface area contributed by atoms with Crippen molar-refractivity contribution in [2.75, 3.05) is 0 Å². The van der Waals surface area contributed by atoms with Crippen molar-refractivity contribution in [3.63, 3.8) is 0 Å². The van der Waals surface area contributed by atoms with Crippen molar-refractivity contribution >= 4 is 5.97 Å². The van der Waals surface area contributed by atoms with Gasteiger partial charge in [0.05, 0.1) is 0 Å². The summed E-state index contributed by atoms with van der Waals surface area (Å²) in [7, 11) is 0. The molecule has 6 heteroatoms. The molecule has 2 rings (SSSR count). The highest BCUT2D eigenvalue weighted by Crippen LogP contribution is 2.42. The molecule has 0 aliphatic heterocycles. The molecule has 0 amide bonds. The Morgan fingerprint density at radius 1 is 1.27 bits per heavy atom. The smallest absolute Gasteiger partial charge is 0.328 e. The fourth-order valence-electron chi connectivity index (χ4n) is 3.24. The lowest BCUT2D eigenvalue weighted by Gasteiger charge is -2.36. The standard InChI is InChI=1S/C20H26N4O2/c1-14(7-5-8-15(2)13-18(25)26)10-11-17-16(3)9-6-12-20(17,4)19-21-23-24-22-19/h5,7-8,10-11,13H,6,9,12H2,1-4H3,(H2,21,22,23,24,25,26)/p-1/b8-5+,11-10+,14-7+,15-13+/t20-/m0/s1. The van der Waals surface area contributed by atoms with Gasteiger partial charge < -0.3 is 10.2 Å². The number of carboxylic acid groups (broad SMARTS) is 1. The summed E-state index contributed by atoms with van der Waals surface area (Å²) >= 11 is 0. The Morgan fingerprint density at radius 3 is 2.69 bits per heavy atom. The number of tetrazole rings is 1. The van der Waals surface area contributed by atoms with Gasteiger partial charge >= 0.3 is 5.97 Å². The van der Waals surface area contributed by atoms with Crippen molar-refractivity contribution in [2.24, 2.45) is 0 Å². The molecule has 1 atom stereocenters. The lowest BCUT2D eigenvalue weighted by molar-refractivity contribution is -0.131. The molecule has 0 saturated heterocycles. The minimum atomic E-state index is -0.939. The first-order valence-corrected chi connectivity index (χ1v) is 8.66. The normalized spacial score (nSPS) is 22.6. The maximum Gasteiger partial charge on any atom is 0.328 e. The first kappa shape index (κ1) is 19.6. The third-order valence-corrected chi connectivity index (χ3v) is 4.68. The predicted octanol–water partition coefficient (Wildman–Crippen LogP) is 3.68. The molecule has 1 heterocycles. The molecular formula is C20H25N4O2-. The number of aromatic nitrogens is 4. The topological polar surface area (TPSA) is 90.1 Å². The van der Waals surface area contributed by atoms with Gasteiger partial charge in [-0.1, -0.05) is 48.5 Å². The van der Waals surface area contributed by atoms with Crippen molar-refractivity contribution < 1.29 is 9.90 Å². The van der Waals surface area contributed by atoms with Crippen molar-refractivity contribution in [3.05, 3.63) is 64.6 Å². The van der Waals surface area contributed by atoms with Crippen LogP contribution < -0.4 is 5.10 Å². The summed E-state index contributed by atoms with van der Waals surface area (Å²) in [6.45, 7) is 8.06. The SMILES string of the molecule is CC1=C(/C=C/C(C)=C/C=C/C(C)=C/C(=O)O)[C@@](C)(c2nnn[n-]2)CCC1. The molecule has 1 aliphatic rings. The summed E-state index contributed by atoms with van der Waals surface area (Å²) in [5.74, 6) is -0.266. The predicted molar refractivity (Wildman–Crippen MR) is 100 cm³/mol. The van der Waals surface area contributed by atoms with Crippen molar-refractivity contribution in [1.82, 2.24) is 20.6 Å². The lowest BCUT2D eigenvalue weighted by Crippen LogP contribution is -2.30. The number of hydrogen-bond acceptors (Lipinski definition) is 4. The van der Waals surface area contributed by atoms with E-state index in [1.54, 1.807) is 13.0 Å². The van der Waals surface area contributed by atoms with Gasteiger partial charge in [-0.05, 0) is 51.2 Å². The van der Waals surface area contributed by atoms with Gasteiger partial charge in [-0.15, -0.1) is 0 Å². The van der Waals surface area contributed by atoms with Crippen LogP contribution in [0.15, 0.2) is 58.7 Å². The zero-order valence-electron chi connectivity index (χ0n) is 15.7. The molecule has 0 saturated carbocycles. The summed E-state index contributed by atoms with van der Waals surface area (Å²) < 4.78 is 0. The summed E-state index contributed by atoms with van der Waals surface area (Å²) in [5, 5.41) is 24.2. The van der Waals surface area contributed by atoms with E-state index in [4.69, 9.17) is 5.11 Å². The molecule has 1 aliphatic carbocycles. The average molecular weight is 353 g/mol. The molecule has 138 valence electrons. The van der Waals surface area contributed by atoms with Crippen molar-refractivity contribution in [3.8, 4) is 0 Å². The third kappa shape index (κ3) is 4.88. The molecule has 0 fully saturated rings. The van der Waals surface area contributed by atoms with Crippen LogP contribution in [0.4, 0.5) is 0 Å². The van der Waals surface area contributed by atoms with E-state index in [0.29, 0.717) is 11.4 Å². The average Bonchev–Trinajstić information content (AvgIpc) is 3.09. The molecule has 6 nitrogen and oxygen atoms in total. The van der Waals surface area contributed by atoms with E-state index in [-0.39, 0.29) is 5.41 Å². The number of hydrogen-bond donors (Lipinski definition) is 1. The Morgan fingerprint density at radius 2 is 2.04 bits per heavy atom. The van der Waals surface area contributed by atoms with E-state index in [2.05, 4.69) is 46.6 Å². The van der Waals surface area contributed by atoms with Gasteiger partial charge in [-0.25, -0.2) is 4.79 Å². The third-order valence-electron chi connectivity index (χ3n) is 4.68. The Bertz CT molecular complexity index is 798. The molecule has 1 N–H and O–H groups in total. The lowest BCUT2D eigenvalue weighted by atomic mass is 9.70. The van der Waals surface area contributed by atoms with E-state index < -0.39 is 5.97 Å². The largest absolute Gasteiger partial charge is 0.478 e. The maximum absolute atomic E-state index is 10.6. The Balaban J connectivity index is 2.20. The van der Waals surface area contributed by atoms with Gasteiger partial charge in [-0.2, -0.15) is 5.21 Å². The van der Waals surface area contributed by atoms with E-state index in [1.807, 2.05) is 19.1 Å². The Labute approximate surface area is 154 Å². The first-order chi connectivity index (χ1) is 12.3. The fourth-order valence-corrected chi connectivity index (χ4v) is 3.24. The number of aliphatic carboxylic acids is 1. The molecule has 0 spiro atoms. The van der Waals surface area contributed by atoms with Crippen LogP contribution in [0, 0.1) is 0 Å². The highest BCUT2D eigenvalue weighted by Gasteiger charge is 2.33. The highest BCUT2D eigenvalue weighted by molar-refractivity contribution is 5.81. The second-order valence-corrected chi connectivity index (χ2v) is 6.91. The van der Waals surface area contributed by atoms with Crippen molar-refractivity contribution in [1.29, 1.82) is 0 Å². The molecule has 1 aromatic heterocycles. The van der Waals surface area contributed by atoms with Gasteiger partial charge in [0.15, 0.2) is 0 Å². The van der Waals surface area contributed by atoms with Gasteiger partial charge in [-0.3, -0.25) is 10.3 Å². The molecule has 0 bridgehead atoms. The van der Waals surface area contributed by atoms with E-state index in [0.717, 1.165) is 24.8 Å². The molecule has 0 aromatic carbocycles. The van der Waals surface area contributed by atoms with E-state index >= 15 is 0 Å². The zero-order chi connectivity index (χ0) is 19.2. The first-order valence-electron chi connectivity index (χ1n) is 8.66. The van der Waals surface area contributed by atoms with Crippen LogP contribution in [0.25, 0.3) is 0 Å². The second kappa shape index (κ2) is 8.56. The number of rotatable bonds is 6. The van der Waals surface area contributed by atoms with Crippen LogP contribution in [0.5, 0.6) is 0 Å². The van der Waals surface area contributed by atoms with Gasteiger partial charge in [0.2, 0.25) is 0 Å². The number of carbonyl (C=O) groups is 1. The monoisotopic (exact) mass is 353 g/mol. The minimum absolute atomic E-state index is 0.265. The van der Waals surface area contributed by atoms with E-state index in [1.165, 1.54) is 17.2 Å². The van der Waals surface area contributed by atoms with Crippen LogP contribution in [0.2, 0.25) is 0 Å². The summed E-state index contributed by atoms with van der Waals surface area (Å²) in [6.07, 6.45) is 14.1. The Kier molecular flexibility index (Phi) is 6.44. The summed E-state index contributed by atoms with van der Waals surface area (Å²) in [5.41, 5.74) is 4.05. The summed E-state index contributed by atoms with van der Waals surface area (Å²) in [6, 6.07) is 0. The van der Waals surface area contributed by atoms with Crippen LogP contribution in [0.1, 0.15) is 52.8 Å². The van der Waals surface area contributed by atoms with Gasteiger partial charge in [0.25, 0.3) is 0 Å². The molecule has 0 unspecified atom stereocenters. The van der Waals surface area contributed by atoms with Crippen LogP contribution in [-0.2, 0) is 10.2 Å². The molecular weight excluding hydrogens is 328 g/mol. The van der Waals surface area contributed by atoms with Crippen LogP contribution in [0.3, 0.4) is 0 Å². The second-order valence-electron chi connectivity index (χ2n) is 6.91. The Hall–Kier alpha value is -2.76. The zero-order valence-corrected chi connectivity index (χ0v) is 15.7. The molecule has 0 radical (unpaired) electrons. The van der Waals surface area contributed by atoms with Gasteiger partial charge in [0.1, 0.15) is 0 Å². The minimum Gasteiger partial charge on any atom is -0.478 e. The van der Waals surface area contributed by atoms with E-state index in [9.17, 15) is 4.79 Å². The quantitative estimate of drug-likeness (QED) is 0.620. The maximum atomic E-state index is 10.6. The summed E-state index contributed by atoms with van der Waals surface area (Å²) in [4.78, 5) is 10.6. The number of carboxylic acids is 1. The van der Waals surface area contributed by atoms with Crippen LogP contribution in [-0.4, -0.2) is 26.6 Å². The van der Waals surface area contributed by atoms with Crippen molar-refractivity contribution in [2.45, 2.75) is 52.4 Å². The molecule has 1 aromatic rings. The molecule has 26 heavy (non-hydrogen) atoms. The highest BCUT2D eigenvalue weighted by atomic mass is 16.4. The van der Waals surface area contributed by atoms with Crippen LogP contribution >= 0.6 is 0 Å². The number of nitrogens with zero attached hydrogens (tertiary/aromatic N) is 4. The van der Waals surface area contributed by atoms with Gasteiger partial charge in [0, 0.05) is 17.3 Å². The fraction of sp³-hybridized carbons (Fsp3) is 0.400.